The highest BCUT2D eigenvalue weighted by molar-refractivity contribution is 6.31. The van der Waals surface area contributed by atoms with Gasteiger partial charge in [-0.15, -0.1) is 12.4 Å². The van der Waals surface area contributed by atoms with Crippen LogP contribution in [0.1, 0.15) is 46.5 Å². The molecule has 2 aromatic heterocycles. The van der Waals surface area contributed by atoms with Crippen LogP contribution in [0.15, 0.2) is 72.9 Å². The fourth-order valence-corrected chi connectivity index (χ4v) is 4.71. The summed E-state index contributed by atoms with van der Waals surface area (Å²) in [5, 5.41) is 7.78. The van der Waals surface area contributed by atoms with Gasteiger partial charge in [-0.2, -0.15) is 0 Å². The number of H-pyrrole nitrogens is 1. The first kappa shape index (κ1) is 24.8. The average molecular weight is 509 g/mol. The van der Waals surface area contributed by atoms with Gasteiger partial charge in [0.05, 0.1) is 5.69 Å². The molecular weight excluding hydrogens is 483 g/mol. The normalized spacial score (nSPS) is 17.4. The van der Waals surface area contributed by atoms with Gasteiger partial charge in [-0.3, -0.25) is 14.6 Å². The molecule has 5 rings (SSSR count). The second-order valence-electron chi connectivity index (χ2n) is 8.65. The highest BCUT2D eigenvalue weighted by Gasteiger charge is 2.28. The summed E-state index contributed by atoms with van der Waals surface area (Å²) in [6.07, 6.45) is 5.42. The number of carbonyl (C=O) groups excluding carboxylic acids is 2. The number of hydrogen-bond acceptors (Lipinski definition) is 3. The molecule has 1 aliphatic carbocycles. The van der Waals surface area contributed by atoms with Crippen molar-refractivity contribution in [1.29, 1.82) is 0 Å². The molecule has 8 heteroatoms. The van der Waals surface area contributed by atoms with Gasteiger partial charge in [0.2, 0.25) is 0 Å². The van der Waals surface area contributed by atoms with Gasteiger partial charge in [0, 0.05) is 45.3 Å². The van der Waals surface area contributed by atoms with Gasteiger partial charge in [0.15, 0.2) is 0 Å². The summed E-state index contributed by atoms with van der Waals surface area (Å²) in [6, 6.07) is 20.2. The van der Waals surface area contributed by atoms with E-state index in [-0.39, 0.29) is 36.3 Å². The highest BCUT2D eigenvalue weighted by Crippen LogP contribution is 2.23. The predicted octanol–water partition coefficient (Wildman–Crippen LogP) is 5.78. The van der Waals surface area contributed by atoms with E-state index in [0.29, 0.717) is 16.3 Å². The molecule has 2 heterocycles. The molecular formula is C27H26Cl2N4O2. The third-order valence-corrected chi connectivity index (χ3v) is 6.57. The molecule has 2 aromatic carbocycles. The van der Waals surface area contributed by atoms with Crippen LogP contribution in [0.25, 0.3) is 22.2 Å². The second kappa shape index (κ2) is 10.9. The van der Waals surface area contributed by atoms with E-state index in [4.69, 9.17) is 11.6 Å². The number of rotatable bonds is 5. The van der Waals surface area contributed by atoms with Gasteiger partial charge in [-0.25, -0.2) is 0 Å². The first-order valence-corrected chi connectivity index (χ1v) is 11.9. The summed E-state index contributed by atoms with van der Waals surface area (Å²) < 4.78 is 0. The summed E-state index contributed by atoms with van der Waals surface area (Å²) in [4.78, 5) is 33.4. The Balaban J connectivity index is 0.00000289. The van der Waals surface area contributed by atoms with Gasteiger partial charge in [-0.05, 0) is 61.4 Å². The van der Waals surface area contributed by atoms with Crippen LogP contribution in [0, 0.1) is 0 Å². The maximum atomic E-state index is 13.0. The fourth-order valence-electron chi connectivity index (χ4n) is 4.53. The monoisotopic (exact) mass is 508 g/mol. The van der Waals surface area contributed by atoms with E-state index in [1.165, 1.54) is 0 Å². The van der Waals surface area contributed by atoms with Crippen molar-refractivity contribution in [2.45, 2.75) is 37.8 Å². The fraction of sp³-hybridized carbons (Fsp3) is 0.222. The Morgan fingerprint density at radius 1 is 0.886 bits per heavy atom. The molecule has 35 heavy (non-hydrogen) atoms. The van der Waals surface area contributed by atoms with Crippen molar-refractivity contribution in [3.8, 4) is 11.3 Å². The number of aromatic nitrogens is 2. The Morgan fingerprint density at radius 2 is 1.60 bits per heavy atom. The molecule has 2 amide bonds. The minimum Gasteiger partial charge on any atom is -0.351 e. The Labute approximate surface area is 214 Å². The van der Waals surface area contributed by atoms with E-state index in [9.17, 15) is 9.59 Å². The quantitative estimate of drug-likeness (QED) is 0.319. The zero-order valence-corrected chi connectivity index (χ0v) is 20.5. The predicted molar refractivity (Wildman–Crippen MR) is 141 cm³/mol. The van der Waals surface area contributed by atoms with Crippen LogP contribution >= 0.6 is 24.0 Å². The van der Waals surface area contributed by atoms with E-state index in [1.54, 1.807) is 18.3 Å². The van der Waals surface area contributed by atoms with E-state index < -0.39 is 0 Å². The molecule has 2 atom stereocenters. The summed E-state index contributed by atoms with van der Waals surface area (Å²) >= 11 is 6.06. The van der Waals surface area contributed by atoms with Crippen LogP contribution in [0.3, 0.4) is 0 Å². The molecule has 1 saturated carbocycles. The molecule has 180 valence electrons. The minimum atomic E-state index is -0.182. The van der Waals surface area contributed by atoms with Crippen molar-refractivity contribution in [1.82, 2.24) is 20.6 Å². The molecule has 0 radical (unpaired) electrons. The number of nitrogens with zero attached hydrogens (tertiary/aromatic N) is 1. The van der Waals surface area contributed by atoms with Gasteiger partial charge in [0.1, 0.15) is 5.69 Å². The Kier molecular flexibility index (Phi) is 7.73. The number of aromatic amines is 1. The largest absolute Gasteiger partial charge is 0.351 e. The highest BCUT2D eigenvalue weighted by atomic mass is 35.5. The molecule has 0 spiro atoms. The molecule has 1 fully saturated rings. The van der Waals surface area contributed by atoms with E-state index in [1.807, 2.05) is 54.6 Å². The SMILES string of the molecule is Cl.O=C(NC1CCCCC1NC(=O)c1cc2cc(Cl)ccc2[nH]1)c1ccc(-c2ccccn2)cc1. The van der Waals surface area contributed by atoms with Crippen LogP contribution in [0.5, 0.6) is 0 Å². The van der Waals surface area contributed by atoms with Crippen molar-refractivity contribution in [3.05, 3.63) is 89.2 Å². The molecule has 2 unspecified atom stereocenters. The van der Waals surface area contributed by atoms with Crippen molar-refractivity contribution in [2.24, 2.45) is 0 Å². The lowest BCUT2D eigenvalue weighted by Gasteiger charge is -2.32. The molecule has 6 nitrogen and oxygen atoms in total. The molecule has 1 aliphatic rings. The number of fused-ring (bicyclic) bond motifs is 1. The summed E-state index contributed by atoms with van der Waals surface area (Å²) in [5.74, 6) is -0.322. The zero-order valence-electron chi connectivity index (χ0n) is 19.0. The van der Waals surface area contributed by atoms with Crippen molar-refractivity contribution < 1.29 is 9.59 Å². The minimum absolute atomic E-state index is 0. The lowest BCUT2D eigenvalue weighted by atomic mass is 9.90. The second-order valence-corrected chi connectivity index (χ2v) is 9.09. The molecule has 0 saturated heterocycles. The van der Waals surface area contributed by atoms with Gasteiger partial charge >= 0.3 is 0 Å². The molecule has 3 N–H and O–H groups in total. The number of carbonyl (C=O) groups is 2. The smallest absolute Gasteiger partial charge is 0.268 e. The summed E-state index contributed by atoms with van der Waals surface area (Å²) in [6.45, 7) is 0. The van der Waals surface area contributed by atoms with Crippen molar-refractivity contribution in [3.63, 3.8) is 0 Å². The maximum Gasteiger partial charge on any atom is 0.268 e. The number of pyridine rings is 1. The zero-order chi connectivity index (χ0) is 23.5. The van der Waals surface area contributed by atoms with Crippen molar-refractivity contribution >= 4 is 46.7 Å². The Morgan fingerprint density at radius 3 is 2.29 bits per heavy atom. The standard InChI is InChI=1S/C27H25ClN4O2.ClH/c28-20-12-13-22-19(15-20)16-25(30-22)27(34)32-24-7-2-1-6-23(24)31-26(33)18-10-8-17(9-11-18)21-5-3-4-14-29-21;/h3-5,8-16,23-24,30H,1-2,6-7H2,(H,31,33)(H,32,34);1H. The number of hydrogen-bond donors (Lipinski definition) is 3. The maximum absolute atomic E-state index is 13.0. The third-order valence-electron chi connectivity index (χ3n) is 6.33. The van der Waals surface area contributed by atoms with Crippen LogP contribution in [0.2, 0.25) is 5.02 Å². The topological polar surface area (TPSA) is 86.9 Å². The lowest BCUT2D eigenvalue weighted by Crippen LogP contribution is -2.53. The first-order valence-electron chi connectivity index (χ1n) is 11.5. The van der Waals surface area contributed by atoms with Gasteiger partial charge in [0.25, 0.3) is 11.8 Å². The number of nitrogens with one attached hydrogen (secondary N) is 3. The lowest BCUT2D eigenvalue weighted by molar-refractivity contribution is 0.0860. The van der Waals surface area contributed by atoms with E-state index in [2.05, 4.69) is 20.6 Å². The van der Waals surface area contributed by atoms with E-state index in [0.717, 1.165) is 47.8 Å². The van der Waals surface area contributed by atoms with Crippen LogP contribution in [0.4, 0.5) is 0 Å². The Bertz CT molecular complexity index is 1320. The summed E-state index contributed by atoms with van der Waals surface area (Å²) in [7, 11) is 0. The molecule has 0 aliphatic heterocycles. The first-order chi connectivity index (χ1) is 16.6. The van der Waals surface area contributed by atoms with Gasteiger partial charge in [-0.1, -0.05) is 42.6 Å². The number of halogens is 2. The number of benzene rings is 2. The molecule has 0 bridgehead atoms. The van der Waals surface area contributed by atoms with Crippen molar-refractivity contribution in [2.75, 3.05) is 0 Å². The van der Waals surface area contributed by atoms with Crippen LogP contribution in [-0.4, -0.2) is 33.9 Å². The molecule has 4 aromatic rings. The van der Waals surface area contributed by atoms with Crippen LogP contribution < -0.4 is 10.6 Å². The Hall–Kier alpha value is -3.35. The average Bonchev–Trinajstić information content (AvgIpc) is 3.29. The van der Waals surface area contributed by atoms with Gasteiger partial charge < -0.3 is 15.6 Å². The number of amides is 2. The summed E-state index contributed by atoms with van der Waals surface area (Å²) in [5.41, 5.74) is 3.75. The van der Waals surface area contributed by atoms with E-state index >= 15 is 0 Å². The third kappa shape index (κ3) is 5.66. The van der Waals surface area contributed by atoms with Crippen LogP contribution in [-0.2, 0) is 0 Å².